The maximum absolute atomic E-state index is 4.56. The molecule has 0 atom stereocenters. The minimum atomic E-state index is 0. The molecule has 0 spiro atoms. The van der Waals surface area contributed by atoms with E-state index in [1.54, 1.807) is 14.7 Å². The first-order chi connectivity index (χ1) is 7.93. The molecule has 0 heterocycles. The molecule has 20 heavy (non-hydrogen) atoms. The second-order valence-electron chi connectivity index (χ2n) is 3.48. The first-order valence-electron chi connectivity index (χ1n) is 4.58. The van der Waals surface area contributed by atoms with Crippen molar-refractivity contribution in [2.75, 3.05) is 42.3 Å². The van der Waals surface area contributed by atoms with Crippen molar-refractivity contribution in [1.29, 1.82) is 0 Å². The minimum Gasteiger partial charge on any atom is -0.411 e. The molecule has 0 aliphatic carbocycles. The third kappa shape index (κ3) is 36.8. The Morgan fingerprint density at radius 2 is 0.650 bits per heavy atom. The second kappa shape index (κ2) is 21.0. The van der Waals surface area contributed by atoms with E-state index in [-0.39, 0.29) is 49.0 Å². The molecule has 0 fully saturated rings. The van der Waals surface area contributed by atoms with Gasteiger partial charge in [-0.1, -0.05) is 13.0 Å². The standard InChI is InChI=1S/3C3H7NS2.Na.Zn/c3*1-4(2)3(5)6;;/h3*1-2H3,(H,5,6);;/q;;;+1;+2/p-3. The summed E-state index contributed by atoms with van der Waals surface area (Å²) < 4.78 is 1.53. The fraction of sp³-hybridized carbons (Fsp3) is 0.667. The predicted molar refractivity (Wildman–Crippen MR) is 101 cm³/mol. The summed E-state index contributed by atoms with van der Waals surface area (Å²) in [5.41, 5.74) is 0. The van der Waals surface area contributed by atoms with Gasteiger partial charge in [0.25, 0.3) is 0 Å². The van der Waals surface area contributed by atoms with E-state index in [1.165, 1.54) is 0 Å². The van der Waals surface area contributed by atoms with E-state index in [0.717, 1.165) is 0 Å². The fourth-order valence-electron chi connectivity index (χ4n) is 0. The van der Waals surface area contributed by atoms with Crippen molar-refractivity contribution >= 4 is 87.5 Å². The van der Waals surface area contributed by atoms with Crippen molar-refractivity contribution in [2.24, 2.45) is 0 Å². The third-order valence-corrected chi connectivity index (χ3v) is 3.29. The quantitative estimate of drug-likeness (QED) is 0.238. The normalized spacial score (nSPS) is 6.90. The zero-order valence-corrected chi connectivity index (χ0v) is 22.9. The maximum atomic E-state index is 4.56. The van der Waals surface area contributed by atoms with Gasteiger partial charge < -0.3 is 89.2 Å². The molecule has 11 heteroatoms. The van der Waals surface area contributed by atoms with E-state index < -0.39 is 0 Å². The molecule has 0 saturated carbocycles. The Kier molecular flexibility index (Phi) is 35.1. The molecule has 0 radical (unpaired) electrons. The Morgan fingerprint density at radius 1 is 0.600 bits per heavy atom. The zero-order valence-electron chi connectivity index (χ0n) is 13.0. The van der Waals surface area contributed by atoms with Crippen molar-refractivity contribution in [3.05, 3.63) is 0 Å². The SMILES string of the molecule is CN(C)C(=S)[S-].CN(C)C(=S)[S-].CN(C)C(=S)[S-].[Na+].[Zn+2]. The molecular formula is C9H18N3NaS6Zn. The van der Waals surface area contributed by atoms with E-state index in [1.807, 2.05) is 42.3 Å². The van der Waals surface area contributed by atoms with Crippen molar-refractivity contribution in [1.82, 2.24) is 14.7 Å². The smallest absolute Gasteiger partial charge is 0.411 e. The number of thiocarbonyl (C=S) groups is 3. The van der Waals surface area contributed by atoms with Gasteiger partial charge in [-0.05, 0) is 0 Å². The van der Waals surface area contributed by atoms with Crippen LogP contribution < -0.4 is 29.6 Å². The van der Waals surface area contributed by atoms with Crippen LogP contribution in [0.15, 0.2) is 0 Å². The monoisotopic (exact) mass is 447 g/mol. The molecule has 0 aromatic rings. The van der Waals surface area contributed by atoms with Crippen LogP contribution in [0.3, 0.4) is 0 Å². The fourth-order valence-corrected chi connectivity index (χ4v) is 0. The minimum absolute atomic E-state index is 0. The van der Waals surface area contributed by atoms with Crippen molar-refractivity contribution in [3.8, 4) is 0 Å². The van der Waals surface area contributed by atoms with Gasteiger partial charge in [-0.3, -0.25) is 0 Å². The molecule has 0 saturated heterocycles. The summed E-state index contributed by atoms with van der Waals surface area (Å²) in [6.07, 6.45) is 0. The topological polar surface area (TPSA) is 9.72 Å². The van der Waals surface area contributed by atoms with E-state index in [9.17, 15) is 0 Å². The number of hydrogen-bond acceptors (Lipinski definition) is 6. The summed E-state index contributed by atoms with van der Waals surface area (Å²) >= 11 is 27.4. The molecule has 0 aliphatic rings. The Morgan fingerprint density at radius 3 is 0.650 bits per heavy atom. The van der Waals surface area contributed by atoms with Crippen LogP contribution in [0.1, 0.15) is 0 Å². The van der Waals surface area contributed by atoms with Crippen molar-refractivity contribution < 1.29 is 49.0 Å². The van der Waals surface area contributed by atoms with Crippen LogP contribution in [0.5, 0.6) is 0 Å². The third-order valence-electron chi connectivity index (χ3n) is 1.10. The first kappa shape index (κ1) is 33.5. The molecule has 0 aromatic carbocycles. The number of nitrogens with zero attached hydrogens (tertiary/aromatic N) is 3. The number of rotatable bonds is 0. The molecule has 0 rings (SSSR count). The molecule has 0 aliphatic heterocycles. The zero-order chi connectivity index (χ0) is 15.5. The molecule has 0 aromatic heterocycles. The average Bonchev–Trinajstić information content (AvgIpc) is 2.18. The summed E-state index contributed by atoms with van der Waals surface area (Å²) in [6.45, 7) is 0. The Labute approximate surface area is 191 Å². The predicted octanol–water partition coefficient (Wildman–Crippen LogP) is -1.86. The summed E-state index contributed by atoms with van der Waals surface area (Å²) in [4.78, 5) is 5.14. The van der Waals surface area contributed by atoms with Gasteiger partial charge in [0.1, 0.15) is 0 Å². The van der Waals surface area contributed by atoms with E-state index in [2.05, 4.69) is 74.5 Å². The van der Waals surface area contributed by atoms with Crippen LogP contribution in [0.25, 0.3) is 0 Å². The summed E-state index contributed by atoms with van der Waals surface area (Å²) in [6, 6.07) is 0. The molecule has 108 valence electrons. The average molecular weight is 449 g/mol. The largest absolute Gasteiger partial charge is 2.00 e. The van der Waals surface area contributed by atoms with E-state index >= 15 is 0 Å². The van der Waals surface area contributed by atoms with Crippen molar-refractivity contribution in [2.45, 2.75) is 0 Å². The summed E-state index contributed by atoms with van der Waals surface area (Å²) in [5.74, 6) is 0. The Balaban J connectivity index is -0.0000000536. The van der Waals surface area contributed by atoms with Gasteiger partial charge in [-0.25, -0.2) is 0 Å². The maximum Gasteiger partial charge on any atom is 2.00 e. The molecule has 0 amide bonds. The van der Waals surface area contributed by atoms with Crippen LogP contribution in [-0.2, 0) is 57.4 Å². The van der Waals surface area contributed by atoms with Gasteiger partial charge in [-0.15, -0.1) is 0 Å². The Hall–Kier alpha value is 1.95. The van der Waals surface area contributed by atoms with Crippen LogP contribution in [0.2, 0.25) is 0 Å². The molecule has 0 unspecified atom stereocenters. The van der Waals surface area contributed by atoms with Gasteiger partial charge in [0.05, 0.1) is 0 Å². The molecule has 0 bridgehead atoms. The van der Waals surface area contributed by atoms with E-state index in [0.29, 0.717) is 13.0 Å². The van der Waals surface area contributed by atoms with Crippen LogP contribution in [-0.4, -0.2) is 69.9 Å². The molecular weight excluding hydrogens is 431 g/mol. The second-order valence-corrected chi connectivity index (χ2v) is 6.58. The first-order valence-corrected chi connectivity index (χ1v) is 7.03. The summed E-state index contributed by atoms with van der Waals surface area (Å²) in [5, 5.41) is 0. The van der Waals surface area contributed by atoms with Gasteiger partial charge >= 0.3 is 49.0 Å². The van der Waals surface area contributed by atoms with Gasteiger partial charge in [0.15, 0.2) is 0 Å². The van der Waals surface area contributed by atoms with Crippen molar-refractivity contribution in [3.63, 3.8) is 0 Å². The molecule has 3 nitrogen and oxygen atoms in total. The Bertz CT molecular complexity index is 234. The van der Waals surface area contributed by atoms with E-state index in [4.69, 9.17) is 0 Å². The van der Waals surface area contributed by atoms with Gasteiger partial charge in [0.2, 0.25) is 0 Å². The van der Waals surface area contributed by atoms with Gasteiger partial charge in [0, 0.05) is 42.3 Å². The van der Waals surface area contributed by atoms with Crippen LogP contribution in [0.4, 0.5) is 0 Å². The van der Waals surface area contributed by atoms with Gasteiger partial charge in [-0.2, -0.15) is 0 Å². The van der Waals surface area contributed by atoms with Crippen LogP contribution >= 0.6 is 36.7 Å². The molecule has 0 N–H and O–H groups in total. The summed E-state index contributed by atoms with van der Waals surface area (Å²) in [7, 11) is 11.0. The number of hydrogen-bond donors (Lipinski definition) is 0. The van der Waals surface area contributed by atoms with Crippen LogP contribution in [0, 0.1) is 0 Å².